The Hall–Kier alpha value is -2.96. The molecule has 126 valence electrons. The highest BCUT2D eigenvalue weighted by Gasteiger charge is 2.17. The van der Waals surface area contributed by atoms with Crippen LogP contribution in [0.5, 0.6) is 5.75 Å². The van der Waals surface area contributed by atoms with Gasteiger partial charge in [-0.15, -0.1) is 0 Å². The molecule has 0 fully saturated rings. The van der Waals surface area contributed by atoms with Crippen LogP contribution in [0.3, 0.4) is 0 Å². The van der Waals surface area contributed by atoms with E-state index < -0.39 is 29.6 Å². The minimum absolute atomic E-state index is 0.0715. The maximum atomic E-state index is 13.4. The highest BCUT2D eigenvalue weighted by Crippen LogP contribution is 2.16. The van der Waals surface area contributed by atoms with E-state index in [9.17, 15) is 18.4 Å². The van der Waals surface area contributed by atoms with Crippen LogP contribution in [0.1, 0.15) is 12.5 Å². The minimum Gasteiger partial charge on any atom is -0.478 e. The van der Waals surface area contributed by atoms with Crippen molar-refractivity contribution in [2.75, 3.05) is 0 Å². The van der Waals surface area contributed by atoms with E-state index >= 15 is 0 Å². The zero-order valence-corrected chi connectivity index (χ0v) is 12.9. The third-order valence-corrected chi connectivity index (χ3v) is 3.14. The number of para-hydroxylation sites is 1. The summed E-state index contributed by atoms with van der Waals surface area (Å²) >= 11 is 0. The van der Waals surface area contributed by atoms with E-state index in [0.717, 1.165) is 0 Å². The third-order valence-electron chi connectivity index (χ3n) is 3.14. The van der Waals surface area contributed by atoms with Crippen LogP contribution >= 0.6 is 0 Å². The van der Waals surface area contributed by atoms with Gasteiger partial charge in [0.15, 0.2) is 17.7 Å². The standard InChI is InChI=1S/C17H16F2N2O3/c1-11(24-15-9-5-4-8-14(15)19)17(23)21-20-16(22)10-12-6-2-3-7-13(12)18/h2-9,11H,10H2,1H3,(H,20,22)(H,21,23)/t11-/m1/s1. The maximum Gasteiger partial charge on any atom is 0.279 e. The summed E-state index contributed by atoms with van der Waals surface area (Å²) < 4.78 is 32.1. The smallest absolute Gasteiger partial charge is 0.279 e. The normalized spacial score (nSPS) is 11.5. The molecule has 1 atom stereocenters. The summed E-state index contributed by atoms with van der Waals surface area (Å²) in [6, 6.07) is 11.5. The van der Waals surface area contributed by atoms with E-state index in [-0.39, 0.29) is 17.7 Å². The first-order valence-electron chi connectivity index (χ1n) is 7.20. The maximum absolute atomic E-state index is 13.4. The van der Waals surface area contributed by atoms with Gasteiger partial charge < -0.3 is 4.74 Å². The number of rotatable bonds is 5. The van der Waals surface area contributed by atoms with Crippen molar-refractivity contribution in [3.8, 4) is 5.75 Å². The van der Waals surface area contributed by atoms with Crippen LogP contribution in [0, 0.1) is 11.6 Å². The molecule has 2 N–H and O–H groups in total. The summed E-state index contributed by atoms with van der Waals surface area (Å²) in [5.41, 5.74) is 4.52. The van der Waals surface area contributed by atoms with Crippen molar-refractivity contribution in [2.24, 2.45) is 0 Å². The van der Waals surface area contributed by atoms with Gasteiger partial charge in [-0.3, -0.25) is 20.4 Å². The number of hydrogen-bond donors (Lipinski definition) is 2. The molecular weight excluding hydrogens is 318 g/mol. The molecule has 0 spiro atoms. The molecule has 0 aliphatic rings. The fourth-order valence-electron chi connectivity index (χ4n) is 1.88. The number of amides is 2. The molecule has 0 aromatic heterocycles. The van der Waals surface area contributed by atoms with Crippen molar-refractivity contribution < 1.29 is 23.1 Å². The Morgan fingerprint density at radius 2 is 1.62 bits per heavy atom. The van der Waals surface area contributed by atoms with Gasteiger partial charge in [0, 0.05) is 0 Å². The SMILES string of the molecule is C[C@@H](Oc1ccccc1F)C(=O)NNC(=O)Cc1ccccc1F. The predicted octanol–water partition coefficient (Wildman–Crippen LogP) is 2.12. The van der Waals surface area contributed by atoms with Crippen LogP contribution in [-0.2, 0) is 16.0 Å². The van der Waals surface area contributed by atoms with Gasteiger partial charge in [0.2, 0.25) is 5.91 Å². The van der Waals surface area contributed by atoms with Gasteiger partial charge in [-0.1, -0.05) is 30.3 Å². The van der Waals surface area contributed by atoms with E-state index in [4.69, 9.17) is 4.74 Å². The van der Waals surface area contributed by atoms with E-state index in [0.29, 0.717) is 0 Å². The van der Waals surface area contributed by atoms with Crippen molar-refractivity contribution >= 4 is 11.8 Å². The molecule has 2 aromatic rings. The molecule has 0 radical (unpaired) electrons. The van der Waals surface area contributed by atoms with Gasteiger partial charge in [0.1, 0.15) is 5.82 Å². The number of halogens is 2. The molecule has 7 heteroatoms. The van der Waals surface area contributed by atoms with Crippen LogP contribution in [0.25, 0.3) is 0 Å². The first-order valence-corrected chi connectivity index (χ1v) is 7.20. The molecule has 24 heavy (non-hydrogen) atoms. The third kappa shape index (κ3) is 4.77. The summed E-state index contributed by atoms with van der Waals surface area (Å²) in [6.07, 6.45) is -1.26. The molecule has 0 aliphatic heterocycles. The Bertz CT molecular complexity index is 737. The number of benzene rings is 2. The van der Waals surface area contributed by atoms with Crippen LogP contribution in [0.15, 0.2) is 48.5 Å². The molecule has 0 aliphatic carbocycles. The monoisotopic (exact) mass is 334 g/mol. The lowest BCUT2D eigenvalue weighted by molar-refractivity contribution is -0.132. The quantitative estimate of drug-likeness (QED) is 0.823. The molecule has 0 bridgehead atoms. The van der Waals surface area contributed by atoms with Crippen LogP contribution in [-0.4, -0.2) is 17.9 Å². The van der Waals surface area contributed by atoms with Gasteiger partial charge in [0.05, 0.1) is 6.42 Å². The Morgan fingerprint density at radius 3 is 2.29 bits per heavy atom. The zero-order chi connectivity index (χ0) is 17.5. The lowest BCUT2D eigenvalue weighted by Crippen LogP contribution is -2.47. The number of carbonyl (C=O) groups excluding carboxylic acids is 2. The number of hydrazine groups is 1. The Morgan fingerprint density at radius 1 is 1.00 bits per heavy atom. The molecular formula is C17H16F2N2O3. The van der Waals surface area contributed by atoms with E-state index in [1.54, 1.807) is 12.1 Å². The summed E-state index contributed by atoms with van der Waals surface area (Å²) in [4.78, 5) is 23.5. The molecule has 0 saturated heterocycles. The van der Waals surface area contributed by atoms with Crippen molar-refractivity contribution in [1.82, 2.24) is 10.9 Å². The van der Waals surface area contributed by atoms with Crippen LogP contribution in [0.4, 0.5) is 8.78 Å². The average Bonchev–Trinajstić information content (AvgIpc) is 2.56. The van der Waals surface area contributed by atoms with E-state index in [2.05, 4.69) is 10.9 Å². The summed E-state index contributed by atoms with van der Waals surface area (Å²) in [5, 5.41) is 0. The largest absolute Gasteiger partial charge is 0.478 e. The summed E-state index contributed by atoms with van der Waals surface area (Å²) in [7, 11) is 0. The van der Waals surface area contributed by atoms with Crippen molar-refractivity contribution in [2.45, 2.75) is 19.4 Å². The van der Waals surface area contributed by atoms with Gasteiger partial charge in [-0.25, -0.2) is 8.78 Å². The van der Waals surface area contributed by atoms with Crippen molar-refractivity contribution in [3.63, 3.8) is 0 Å². The van der Waals surface area contributed by atoms with Gasteiger partial charge in [-0.2, -0.15) is 0 Å². The molecule has 0 saturated carbocycles. The number of carbonyl (C=O) groups is 2. The van der Waals surface area contributed by atoms with Crippen LogP contribution < -0.4 is 15.6 Å². The topological polar surface area (TPSA) is 67.4 Å². The second-order valence-corrected chi connectivity index (χ2v) is 5.00. The first-order chi connectivity index (χ1) is 11.5. The summed E-state index contributed by atoms with van der Waals surface area (Å²) in [6.45, 7) is 1.41. The second kappa shape index (κ2) is 8.05. The van der Waals surface area contributed by atoms with Gasteiger partial charge >= 0.3 is 0 Å². The van der Waals surface area contributed by atoms with Crippen molar-refractivity contribution in [1.29, 1.82) is 0 Å². The Kier molecular flexibility index (Phi) is 5.83. The molecule has 5 nitrogen and oxygen atoms in total. The molecule has 0 heterocycles. The minimum atomic E-state index is -1.03. The molecule has 2 aromatic carbocycles. The van der Waals surface area contributed by atoms with Crippen LogP contribution in [0.2, 0.25) is 0 Å². The number of ether oxygens (including phenoxy) is 1. The number of hydrogen-bond acceptors (Lipinski definition) is 3. The molecule has 0 unspecified atom stereocenters. The van der Waals surface area contributed by atoms with E-state index in [1.807, 2.05) is 0 Å². The second-order valence-electron chi connectivity index (χ2n) is 5.00. The zero-order valence-electron chi connectivity index (χ0n) is 12.9. The van der Waals surface area contributed by atoms with Crippen molar-refractivity contribution in [3.05, 3.63) is 65.7 Å². The molecule has 2 amide bonds. The average molecular weight is 334 g/mol. The Labute approximate surface area is 137 Å². The Balaban J connectivity index is 1.83. The fourth-order valence-corrected chi connectivity index (χ4v) is 1.88. The highest BCUT2D eigenvalue weighted by atomic mass is 19.1. The summed E-state index contributed by atoms with van der Waals surface area (Å²) in [5.74, 6) is -2.43. The van der Waals surface area contributed by atoms with Gasteiger partial charge in [0.25, 0.3) is 5.91 Å². The molecule has 2 rings (SSSR count). The lowest BCUT2D eigenvalue weighted by atomic mass is 10.1. The fraction of sp³-hybridized carbons (Fsp3) is 0.176. The highest BCUT2D eigenvalue weighted by molar-refractivity contribution is 5.85. The number of nitrogens with one attached hydrogen (secondary N) is 2. The van der Waals surface area contributed by atoms with E-state index in [1.165, 1.54) is 43.3 Å². The predicted molar refractivity (Wildman–Crippen MR) is 82.9 cm³/mol. The lowest BCUT2D eigenvalue weighted by Gasteiger charge is -2.15. The van der Waals surface area contributed by atoms with Gasteiger partial charge in [-0.05, 0) is 30.7 Å². The first kappa shape index (κ1) is 17.4.